The molecule has 0 heterocycles. The van der Waals surface area contributed by atoms with Crippen LogP contribution in [0.15, 0.2) is 84.9 Å². The van der Waals surface area contributed by atoms with E-state index >= 15 is 0 Å². The normalized spacial score (nSPS) is 10.9. The van der Waals surface area contributed by atoms with Crippen LogP contribution in [0.5, 0.6) is 0 Å². The molecule has 3 aromatic rings. The Morgan fingerprint density at radius 3 is 1.67 bits per heavy atom. The molecule has 0 amide bonds. The van der Waals surface area contributed by atoms with Crippen molar-refractivity contribution in [1.29, 1.82) is 0 Å². The lowest BCUT2D eigenvalue weighted by Crippen LogP contribution is -2.25. The van der Waals surface area contributed by atoms with Gasteiger partial charge in [-0.2, -0.15) is 0 Å². The van der Waals surface area contributed by atoms with E-state index in [0.717, 1.165) is 26.1 Å². The first-order chi connectivity index (χ1) is 11.8. The lowest BCUT2D eigenvalue weighted by atomic mass is 10.1. The van der Waals surface area contributed by atoms with Gasteiger partial charge in [-0.25, -0.2) is 0 Å². The smallest absolute Gasteiger partial charge is 0.0237 e. The third kappa shape index (κ3) is 5.07. The molecule has 0 saturated heterocycles. The fourth-order valence-corrected chi connectivity index (χ4v) is 2.94. The quantitative estimate of drug-likeness (QED) is 0.576. The predicted octanol–water partition coefficient (Wildman–Crippen LogP) is 5.24. The van der Waals surface area contributed by atoms with E-state index in [1.165, 1.54) is 22.3 Å². The van der Waals surface area contributed by atoms with Gasteiger partial charge in [-0.15, -0.1) is 0 Å². The second kappa shape index (κ2) is 8.47. The van der Waals surface area contributed by atoms with E-state index in [9.17, 15) is 0 Å². The zero-order valence-electron chi connectivity index (χ0n) is 14.4. The average molecular weight is 315 g/mol. The Morgan fingerprint density at radius 1 is 0.583 bits per heavy atom. The molecule has 0 aromatic heterocycles. The van der Waals surface area contributed by atoms with Crippen molar-refractivity contribution in [3.05, 3.63) is 107 Å². The molecule has 0 saturated carbocycles. The van der Waals surface area contributed by atoms with E-state index in [0.29, 0.717) is 0 Å². The number of aryl methyl sites for hydroxylation is 1. The molecule has 0 bridgehead atoms. The first-order valence-electron chi connectivity index (χ1n) is 8.65. The SMILES string of the molecule is Cc1ccc(CN(CCc2ccccc2)Cc2ccccc2)cc1. The Kier molecular flexibility index (Phi) is 5.81. The molecule has 0 spiro atoms. The van der Waals surface area contributed by atoms with Crippen molar-refractivity contribution in [2.45, 2.75) is 26.4 Å². The van der Waals surface area contributed by atoms with Gasteiger partial charge >= 0.3 is 0 Å². The molecule has 24 heavy (non-hydrogen) atoms. The van der Waals surface area contributed by atoms with Crippen molar-refractivity contribution in [2.75, 3.05) is 6.54 Å². The molecule has 0 N–H and O–H groups in total. The molecule has 0 radical (unpaired) electrons. The predicted molar refractivity (Wildman–Crippen MR) is 102 cm³/mol. The van der Waals surface area contributed by atoms with Gasteiger partial charge in [0, 0.05) is 19.6 Å². The third-order valence-electron chi connectivity index (χ3n) is 4.34. The molecule has 0 unspecified atom stereocenters. The summed E-state index contributed by atoms with van der Waals surface area (Å²) in [5.74, 6) is 0. The first-order valence-corrected chi connectivity index (χ1v) is 8.65. The van der Waals surface area contributed by atoms with Crippen molar-refractivity contribution in [3.8, 4) is 0 Å². The van der Waals surface area contributed by atoms with Gasteiger partial charge in [-0.3, -0.25) is 4.90 Å². The number of hydrogen-bond acceptors (Lipinski definition) is 1. The van der Waals surface area contributed by atoms with Crippen LogP contribution in [-0.2, 0) is 19.5 Å². The van der Waals surface area contributed by atoms with E-state index in [4.69, 9.17) is 0 Å². The summed E-state index contributed by atoms with van der Waals surface area (Å²) in [4.78, 5) is 2.53. The van der Waals surface area contributed by atoms with Crippen LogP contribution in [0.2, 0.25) is 0 Å². The van der Waals surface area contributed by atoms with E-state index in [-0.39, 0.29) is 0 Å². The summed E-state index contributed by atoms with van der Waals surface area (Å²) >= 11 is 0. The maximum absolute atomic E-state index is 2.53. The number of rotatable bonds is 7. The van der Waals surface area contributed by atoms with Crippen LogP contribution in [0, 0.1) is 6.92 Å². The maximum Gasteiger partial charge on any atom is 0.0237 e. The standard InChI is InChI=1S/C23H25N/c1-20-12-14-23(15-13-20)19-24(18-22-10-6-3-7-11-22)17-16-21-8-4-2-5-9-21/h2-15H,16-19H2,1H3. The topological polar surface area (TPSA) is 3.24 Å². The molecule has 3 rings (SSSR count). The van der Waals surface area contributed by atoms with Crippen LogP contribution in [0.4, 0.5) is 0 Å². The van der Waals surface area contributed by atoms with Crippen molar-refractivity contribution >= 4 is 0 Å². The molecule has 0 aliphatic rings. The van der Waals surface area contributed by atoms with Crippen LogP contribution in [0.25, 0.3) is 0 Å². The Morgan fingerprint density at radius 2 is 1.08 bits per heavy atom. The highest BCUT2D eigenvalue weighted by atomic mass is 15.1. The van der Waals surface area contributed by atoms with E-state index in [2.05, 4.69) is 96.8 Å². The average Bonchev–Trinajstić information content (AvgIpc) is 2.63. The van der Waals surface area contributed by atoms with Crippen molar-refractivity contribution in [1.82, 2.24) is 4.90 Å². The zero-order chi connectivity index (χ0) is 16.6. The molecule has 0 atom stereocenters. The highest BCUT2D eigenvalue weighted by Crippen LogP contribution is 2.12. The van der Waals surface area contributed by atoms with Gasteiger partial charge in [0.05, 0.1) is 0 Å². The van der Waals surface area contributed by atoms with Crippen molar-refractivity contribution in [3.63, 3.8) is 0 Å². The molecular weight excluding hydrogens is 290 g/mol. The minimum Gasteiger partial charge on any atom is -0.295 e. The summed E-state index contributed by atoms with van der Waals surface area (Å²) in [6.45, 7) is 5.18. The minimum absolute atomic E-state index is 0.988. The van der Waals surface area contributed by atoms with Gasteiger partial charge in [0.1, 0.15) is 0 Å². The van der Waals surface area contributed by atoms with Crippen LogP contribution in [0.1, 0.15) is 22.3 Å². The number of hydrogen-bond donors (Lipinski definition) is 0. The summed E-state index contributed by atoms with van der Waals surface area (Å²) < 4.78 is 0. The highest BCUT2D eigenvalue weighted by molar-refractivity contribution is 5.22. The monoisotopic (exact) mass is 315 g/mol. The summed E-state index contributed by atoms with van der Waals surface area (Å²) in [6.07, 6.45) is 1.08. The van der Waals surface area contributed by atoms with E-state index < -0.39 is 0 Å². The summed E-state index contributed by atoms with van der Waals surface area (Å²) in [5, 5.41) is 0. The molecule has 0 aliphatic heterocycles. The van der Waals surface area contributed by atoms with Gasteiger partial charge in [-0.1, -0.05) is 90.5 Å². The molecule has 3 aromatic carbocycles. The van der Waals surface area contributed by atoms with Crippen molar-refractivity contribution in [2.24, 2.45) is 0 Å². The van der Waals surface area contributed by atoms with Crippen LogP contribution < -0.4 is 0 Å². The van der Waals surface area contributed by atoms with Gasteiger partial charge in [0.25, 0.3) is 0 Å². The molecule has 0 fully saturated rings. The van der Waals surface area contributed by atoms with Gasteiger partial charge in [0.15, 0.2) is 0 Å². The van der Waals surface area contributed by atoms with Gasteiger partial charge < -0.3 is 0 Å². The lowest BCUT2D eigenvalue weighted by Gasteiger charge is -2.23. The molecule has 1 heteroatoms. The van der Waals surface area contributed by atoms with E-state index in [1.807, 2.05) is 0 Å². The summed E-state index contributed by atoms with van der Waals surface area (Å²) in [6, 6.07) is 30.4. The second-order valence-corrected chi connectivity index (χ2v) is 6.42. The maximum atomic E-state index is 2.53. The van der Waals surface area contributed by atoms with E-state index in [1.54, 1.807) is 0 Å². The first kappa shape index (κ1) is 16.5. The Labute approximate surface area is 145 Å². The highest BCUT2D eigenvalue weighted by Gasteiger charge is 2.08. The fraction of sp³-hybridized carbons (Fsp3) is 0.217. The Balaban J connectivity index is 1.68. The van der Waals surface area contributed by atoms with Crippen LogP contribution in [0.3, 0.4) is 0 Å². The largest absolute Gasteiger partial charge is 0.295 e. The Bertz CT molecular complexity index is 717. The van der Waals surface area contributed by atoms with Crippen LogP contribution >= 0.6 is 0 Å². The molecule has 122 valence electrons. The summed E-state index contributed by atoms with van der Waals surface area (Å²) in [5.41, 5.74) is 5.47. The molecule has 0 aliphatic carbocycles. The zero-order valence-corrected chi connectivity index (χ0v) is 14.4. The van der Waals surface area contributed by atoms with Crippen LogP contribution in [-0.4, -0.2) is 11.4 Å². The third-order valence-corrected chi connectivity index (χ3v) is 4.34. The second-order valence-electron chi connectivity index (χ2n) is 6.42. The van der Waals surface area contributed by atoms with Crippen molar-refractivity contribution < 1.29 is 0 Å². The molecular formula is C23H25N. The van der Waals surface area contributed by atoms with Gasteiger partial charge in [0.2, 0.25) is 0 Å². The molecule has 1 nitrogen and oxygen atoms in total. The fourth-order valence-electron chi connectivity index (χ4n) is 2.94. The lowest BCUT2D eigenvalue weighted by molar-refractivity contribution is 0.260. The summed E-state index contributed by atoms with van der Waals surface area (Å²) in [7, 11) is 0. The minimum atomic E-state index is 0.988. The number of nitrogens with zero attached hydrogens (tertiary/aromatic N) is 1. The Hall–Kier alpha value is -2.38. The van der Waals surface area contributed by atoms with Gasteiger partial charge in [-0.05, 0) is 30.0 Å². The number of benzene rings is 3.